The van der Waals surface area contributed by atoms with Crippen LogP contribution in [-0.4, -0.2) is 56.1 Å². The zero-order chi connectivity index (χ0) is 12.4. The molecular weight excluding hydrogens is 216 g/mol. The molecule has 5 heteroatoms. The van der Waals surface area contributed by atoms with Crippen LogP contribution in [0.25, 0.3) is 0 Å². The van der Waals surface area contributed by atoms with Crippen molar-refractivity contribution in [3.8, 4) is 0 Å². The van der Waals surface area contributed by atoms with E-state index in [2.05, 4.69) is 15.2 Å². The van der Waals surface area contributed by atoms with Crippen LogP contribution in [0.15, 0.2) is 18.3 Å². The Labute approximate surface area is 101 Å². The number of carbonyl (C=O) groups is 1. The average molecular weight is 234 g/mol. The third-order valence-corrected chi connectivity index (χ3v) is 3.08. The Bertz CT molecular complexity index is 415. The number of hydrogen-bond acceptors (Lipinski definition) is 4. The number of rotatable bonds is 3. The second kappa shape index (κ2) is 4.71. The van der Waals surface area contributed by atoms with E-state index in [9.17, 15) is 4.79 Å². The average Bonchev–Trinajstić information content (AvgIpc) is 2.25. The number of aromatic nitrogens is 1. The first-order chi connectivity index (χ1) is 8.09. The van der Waals surface area contributed by atoms with Crippen LogP contribution in [-0.2, 0) is 0 Å². The molecule has 1 saturated heterocycles. The Morgan fingerprint density at radius 2 is 2.12 bits per heavy atom. The van der Waals surface area contributed by atoms with E-state index >= 15 is 0 Å². The van der Waals surface area contributed by atoms with E-state index in [1.54, 1.807) is 20.3 Å². The van der Waals surface area contributed by atoms with E-state index in [1.165, 1.54) is 4.90 Å². The normalized spacial score (nSPS) is 15.2. The molecule has 1 fully saturated rings. The fourth-order valence-corrected chi connectivity index (χ4v) is 1.74. The summed E-state index contributed by atoms with van der Waals surface area (Å²) in [5.74, 6) is -0.0630. The van der Waals surface area contributed by atoms with Gasteiger partial charge in [0.05, 0.1) is 6.04 Å². The summed E-state index contributed by atoms with van der Waals surface area (Å²) < 4.78 is 0. The van der Waals surface area contributed by atoms with Crippen molar-refractivity contribution >= 4 is 11.6 Å². The molecule has 1 aliphatic heterocycles. The molecule has 92 valence electrons. The van der Waals surface area contributed by atoms with Crippen LogP contribution < -0.4 is 10.2 Å². The highest BCUT2D eigenvalue weighted by Crippen LogP contribution is 2.17. The molecule has 0 atom stereocenters. The summed E-state index contributed by atoms with van der Waals surface area (Å²) in [6, 6.07) is 4.30. The number of anilines is 1. The second-order valence-corrected chi connectivity index (χ2v) is 4.52. The molecule has 0 bridgehead atoms. The van der Waals surface area contributed by atoms with Gasteiger partial charge in [0.1, 0.15) is 5.69 Å². The molecule has 0 unspecified atom stereocenters. The maximum atomic E-state index is 11.8. The molecule has 17 heavy (non-hydrogen) atoms. The SMILES string of the molecule is CN(C)C(=O)c1cc(N(C)C2CNC2)ccn1. The number of nitrogens with zero attached hydrogens (tertiary/aromatic N) is 3. The smallest absolute Gasteiger partial charge is 0.272 e. The summed E-state index contributed by atoms with van der Waals surface area (Å²) in [5.41, 5.74) is 1.53. The summed E-state index contributed by atoms with van der Waals surface area (Å²) >= 11 is 0. The molecule has 1 amide bonds. The fourth-order valence-electron chi connectivity index (χ4n) is 1.74. The highest BCUT2D eigenvalue weighted by Gasteiger charge is 2.22. The topological polar surface area (TPSA) is 48.5 Å². The molecule has 0 aliphatic carbocycles. The minimum Gasteiger partial charge on any atom is -0.369 e. The van der Waals surface area contributed by atoms with Crippen molar-refractivity contribution in [2.24, 2.45) is 0 Å². The number of amides is 1. The van der Waals surface area contributed by atoms with Gasteiger partial charge in [0.15, 0.2) is 0 Å². The summed E-state index contributed by atoms with van der Waals surface area (Å²) in [6.07, 6.45) is 1.69. The van der Waals surface area contributed by atoms with Crippen molar-refractivity contribution in [1.29, 1.82) is 0 Å². The van der Waals surface area contributed by atoms with E-state index < -0.39 is 0 Å². The Morgan fingerprint density at radius 3 is 2.65 bits per heavy atom. The Balaban J connectivity index is 2.18. The number of carbonyl (C=O) groups excluding carboxylic acids is 1. The minimum absolute atomic E-state index is 0.0630. The number of nitrogens with one attached hydrogen (secondary N) is 1. The number of hydrogen-bond donors (Lipinski definition) is 1. The van der Waals surface area contributed by atoms with Crippen molar-refractivity contribution in [3.05, 3.63) is 24.0 Å². The lowest BCUT2D eigenvalue weighted by Gasteiger charge is -2.37. The standard InChI is InChI=1S/C12H18N4O/c1-15(2)12(17)11-6-9(4-5-14-11)16(3)10-7-13-8-10/h4-6,10,13H,7-8H2,1-3H3. The fraction of sp³-hybridized carbons (Fsp3) is 0.500. The zero-order valence-electron chi connectivity index (χ0n) is 10.5. The number of likely N-dealkylation sites (N-methyl/N-ethyl adjacent to an activating group) is 1. The van der Waals surface area contributed by atoms with Crippen molar-refractivity contribution in [2.45, 2.75) is 6.04 Å². The van der Waals surface area contributed by atoms with Crippen LogP contribution in [0.1, 0.15) is 10.5 Å². The highest BCUT2D eigenvalue weighted by atomic mass is 16.2. The molecule has 1 aromatic rings. The van der Waals surface area contributed by atoms with Gasteiger partial charge in [-0.3, -0.25) is 9.78 Å². The van der Waals surface area contributed by atoms with Crippen LogP contribution in [0.4, 0.5) is 5.69 Å². The van der Waals surface area contributed by atoms with Gasteiger partial charge in [0, 0.05) is 46.1 Å². The molecule has 1 aliphatic rings. The highest BCUT2D eigenvalue weighted by molar-refractivity contribution is 5.92. The van der Waals surface area contributed by atoms with E-state index in [4.69, 9.17) is 0 Å². The zero-order valence-corrected chi connectivity index (χ0v) is 10.5. The summed E-state index contributed by atoms with van der Waals surface area (Å²) in [4.78, 5) is 19.6. The van der Waals surface area contributed by atoms with Gasteiger partial charge >= 0.3 is 0 Å². The van der Waals surface area contributed by atoms with Gasteiger partial charge < -0.3 is 15.1 Å². The molecular formula is C12H18N4O. The summed E-state index contributed by atoms with van der Waals surface area (Å²) in [6.45, 7) is 1.99. The number of pyridine rings is 1. The molecule has 1 aromatic heterocycles. The Kier molecular flexibility index (Phi) is 3.28. The third kappa shape index (κ3) is 2.39. The van der Waals surface area contributed by atoms with Crippen LogP contribution in [0.2, 0.25) is 0 Å². The second-order valence-electron chi connectivity index (χ2n) is 4.52. The van der Waals surface area contributed by atoms with Gasteiger partial charge in [0.25, 0.3) is 5.91 Å². The lowest BCUT2D eigenvalue weighted by Crippen LogP contribution is -2.56. The predicted octanol–water partition coefficient (Wildman–Crippen LogP) is 0.191. The predicted molar refractivity (Wildman–Crippen MR) is 67.3 cm³/mol. The minimum atomic E-state index is -0.0630. The van der Waals surface area contributed by atoms with Gasteiger partial charge in [-0.05, 0) is 12.1 Å². The molecule has 0 spiro atoms. The first-order valence-electron chi connectivity index (χ1n) is 5.71. The van der Waals surface area contributed by atoms with Crippen LogP contribution >= 0.6 is 0 Å². The van der Waals surface area contributed by atoms with Crippen LogP contribution in [0.3, 0.4) is 0 Å². The lowest BCUT2D eigenvalue weighted by molar-refractivity contribution is 0.0822. The van der Waals surface area contributed by atoms with E-state index in [-0.39, 0.29) is 5.91 Å². The first-order valence-corrected chi connectivity index (χ1v) is 5.71. The molecule has 2 heterocycles. The summed E-state index contributed by atoms with van der Waals surface area (Å²) in [7, 11) is 5.51. The van der Waals surface area contributed by atoms with Gasteiger partial charge in [0.2, 0.25) is 0 Å². The lowest BCUT2D eigenvalue weighted by atomic mass is 10.1. The van der Waals surface area contributed by atoms with Crippen molar-refractivity contribution in [2.75, 3.05) is 39.1 Å². The molecule has 0 aromatic carbocycles. The van der Waals surface area contributed by atoms with Gasteiger partial charge in [-0.15, -0.1) is 0 Å². The largest absolute Gasteiger partial charge is 0.369 e. The van der Waals surface area contributed by atoms with E-state index in [1.807, 2.05) is 19.2 Å². The van der Waals surface area contributed by atoms with Gasteiger partial charge in [-0.1, -0.05) is 0 Å². The van der Waals surface area contributed by atoms with Gasteiger partial charge in [-0.2, -0.15) is 0 Å². The Hall–Kier alpha value is -1.62. The maximum absolute atomic E-state index is 11.8. The first kappa shape index (κ1) is 11.9. The van der Waals surface area contributed by atoms with Crippen molar-refractivity contribution in [3.63, 3.8) is 0 Å². The molecule has 5 nitrogen and oxygen atoms in total. The maximum Gasteiger partial charge on any atom is 0.272 e. The quantitative estimate of drug-likeness (QED) is 0.811. The Morgan fingerprint density at radius 1 is 1.41 bits per heavy atom. The molecule has 0 radical (unpaired) electrons. The van der Waals surface area contributed by atoms with Crippen molar-refractivity contribution in [1.82, 2.24) is 15.2 Å². The van der Waals surface area contributed by atoms with Crippen LogP contribution in [0.5, 0.6) is 0 Å². The molecule has 2 rings (SSSR count). The summed E-state index contributed by atoms with van der Waals surface area (Å²) in [5, 5.41) is 3.24. The van der Waals surface area contributed by atoms with Gasteiger partial charge in [-0.25, -0.2) is 0 Å². The van der Waals surface area contributed by atoms with Crippen molar-refractivity contribution < 1.29 is 4.79 Å². The third-order valence-electron chi connectivity index (χ3n) is 3.08. The molecule has 0 saturated carbocycles. The molecule has 1 N–H and O–H groups in total. The monoisotopic (exact) mass is 234 g/mol. The van der Waals surface area contributed by atoms with Crippen LogP contribution in [0, 0.1) is 0 Å². The van der Waals surface area contributed by atoms with E-state index in [0.717, 1.165) is 18.8 Å². The van der Waals surface area contributed by atoms with E-state index in [0.29, 0.717) is 11.7 Å².